The predicted molar refractivity (Wildman–Crippen MR) is 129 cm³/mol. The van der Waals surface area contributed by atoms with Crippen LogP contribution in [0.15, 0.2) is 30.6 Å². The summed E-state index contributed by atoms with van der Waals surface area (Å²) in [5.41, 5.74) is 1.18. The van der Waals surface area contributed by atoms with Gasteiger partial charge in [-0.05, 0) is 42.4 Å². The number of hydrogen-bond donors (Lipinski definition) is 0. The number of carbonyl (C=O) groups is 2. The van der Waals surface area contributed by atoms with Gasteiger partial charge in [-0.3, -0.25) is 9.69 Å². The van der Waals surface area contributed by atoms with Gasteiger partial charge in [-0.1, -0.05) is 6.07 Å². The molecule has 0 radical (unpaired) electrons. The van der Waals surface area contributed by atoms with E-state index in [4.69, 9.17) is 0 Å². The van der Waals surface area contributed by atoms with Crippen molar-refractivity contribution in [3.05, 3.63) is 41.7 Å². The average Bonchev–Trinajstić information content (AvgIpc) is 3.61. The molecule has 2 aromatic rings. The number of aromatic nitrogens is 2. The molecule has 0 bridgehead atoms. The van der Waals surface area contributed by atoms with Gasteiger partial charge in [0, 0.05) is 65.5 Å². The van der Waals surface area contributed by atoms with Gasteiger partial charge >= 0.3 is 12.2 Å². The second kappa shape index (κ2) is 9.42. The molecule has 2 unspecified atom stereocenters. The van der Waals surface area contributed by atoms with Gasteiger partial charge in [0.1, 0.15) is 0 Å². The van der Waals surface area contributed by atoms with Crippen LogP contribution in [0.25, 0.3) is 0 Å². The molecule has 8 nitrogen and oxygen atoms in total. The molecule has 3 saturated heterocycles. The summed E-state index contributed by atoms with van der Waals surface area (Å²) in [7, 11) is 1.63. The second-order valence-electron chi connectivity index (χ2n) is 10.2. The molecule has 0 aliphatic carbocycles. The van der Waals surface area contributed by atoms with Gasteiger partial charge in [-0.2, -0.15) is 23.0 Å². The fourth-order valence-corrected chi connectivity index (χ4v) is 5.69. The maximum absolute atomic E-state index is 13.6. The summed E-state index contributed by atoms with van der Waals surface area (Å²) in [5.74, 6) is 0.492. The van der Waals surface area contributed by atoms with E-state index in [1.165, 1.54) is 28.8 Å². The van der Waals surface area contributed by atoms with Crippen LogP contribution in [-0.4, -0.2) is 77.8 Å². The smallest absolute Gasteiger partial charge is 0.371 e. The van der Waals surface area contributed by atoms with Gasteiger partial charge in [0.15, 0.2) is 0 Å². The van der Waals surface area contributed by atoms with E-state index >= 15 is 0 Å². The molecule has 3 aliphatic rings. The number of hydrogen-bond acceptors (Lipinski definition) is 5. The minimum absolute atomic E-state index is 0.140. The van der Waals surface area contributed by atoms with Crippen molar-refractivity contribution in [1.82, 2.24) is 19.6 Å². The van der Waals surface area contributed by atoms with E-state index in [-0.39, 0.29) is 11.9 Å². The molecule has 2 amide bonds. The number of fused-ring (bicyclic) bond motifs is 1. The van der Waals surface area contributed by atoms with Crippen LogP contribution in [-0.2, 0) is 17.5 Å². The molecule has 11 heteroatoms. The van der Waals surface area contributed by atoms with E-state index in [0.717, 1.165) is 31.5 Å². The maximum Gasteiger partial charge on any atom is 0.418 e. The van der Waals surface area contributed by atoms with Crippen molar-refractivity contribution in [3.8, 4) is 0 Å². The van der Waals surface area contributed by atoms with E-state index in [9.17, 15) is 22.8 Å². The second-order valence-corrected chi connectivity index (χ2v) is 10.2. The highest BCUT2D eigenvalue weighted by Gasteiger charge is 2.42. The third-order valence-corrected chi connectivity index (χ3v) is 7.68. The first-order valence-corrected chi connectivity index (χ1v) is 12.4. The Morgan fingerprint density at radius 3 is 2.36 bits per heavy atom. The quantitative estimate of drug-likeness (QED) is 0.638. The lowest BCUT2D eigenvalue weighted by molar-refractivity contribution is -0.137. The van der Waals surface area contributed by atoms with Crippen LogP contribution in [0.1, 0.15) is 30.9 Å². The molecule has 0 N–H and O–H groups in total. The summed E-state index contributed by atoms with van der Waals surface area (Å²) in [6.07, 6.45) is 0.526. The zero-order valence-electron chi connectivity index (χ0n) is 20.5. The van der Waals surface area contributed by atoms with E-state index in [1.807, 2.05) is 4.90 Å². The lowest BCUT2D eigenvalue weighted by Gasteiger charge is -2.25. The number of halogens is 3. The van der Waals surface area contributed by atoms with Crippen molar-refractivity contribution in [2.45, 2.75) is 32.5 Å². The first kappa shape index (κ1) is 24.6. The number of rotatable bonds is 4. The molecular formula is C25H31F3N6O2. The lowest BCUT2D eigenvalue weighted by Crippen LogP contribution is -2.36. The molecule has 36 heavy (non-hydrogen) atoms. The fourth-order valence-electron chi connectivity index (χ4n) is 5.69. The van der Waals surface area contributed by atoms with Crippen LogP contribution in [0.2, 0.25) is 0 Å². The Kier molecular flexibility index (Phi) is 6.44. The summed E-state index contributed by atoms with van der Waals surface area (Å²) in [6, 6.07) is 4.32. The Bertz CT molecular complexity index is 1130. The number of likely N-dealkylation sites (tertiary alicyclic amines) is 2. The van der Waals surface area contributed by atoms with Crippen molar-refractivity contribution in [3.63, 3.8) is 0 Å². The molecule has 5 rings (SSSR count). The van der Waals surface area contributed by atoms with Gasteiger partial charge in [0.05, 0.1) is 23.6 Å². The summed E-state index contributed by atoms with van der Waals surface area (Å²) in [6.45, 7) is 6.19. The van der Waals surface area contributed by atoms with E-state index in [1.54, 1.807) is 30.3 Å². The molecule has 3 aliphatic heterocycles. The highest BCUT2D eigenvalue weighted by Crippen LogP contribution is 2.39. The predicted octanol–water partition coefficient (Wildman–Crippen LogP) is 3.52. The van der Waals surface area contributed by atoms with Crippen LogP contribution in [0.5, 0.6) is 0 Å². The highest BCUT2D eigenvalue weighted by atomic mass is 19.4. The molecule has 4 heterocycles. The van der Waals surface area contributed by atoms with E-state index in [0.29, 0.717) is 55.9 Å². The van der Waals surface area contributed by atoms with Crippen LogP contribution in [0.3, 0.4) is 0 Å². The molecule has 1 aromatic heterocycles. The Morgan fingerprint density at radius 1 is 1.08 bits per heavy atom. The number of nitrogens with zero attached hydrogens (tertiary/aromatic N) is 6. The van der Waals surface area contributed by atoms with Crippen molar-refractivity contribution in [2.24, 2.45) is 11.8 Å². The van der Waals surface area contributed by atoms with Gasteiger partial charge in [-0.25, -0.2) is 4.79 Å². The Morgan fingerprint density at radius 2 is 1.75 bits per heavy atom. The van der Waals surface area contributed by atoms with Crippen molar-refractivity contribution >= 4 is 23.3 Å². The Hall–Kier alpha value is -3.08. The molecule has 0 spiro atoms. The molecule has 194 valence electrons. The standard InChI is InChI=1S/C25H31F3N6O2/c1-17(35)30(2)21-10-29-34(16-21)24(36)33-14-19-12-31(13-20(19)15-33)11-18-5-6-22(25(26,27)28)23(9-18)32-7-3-4-8-32/h5-6,9-10,16,19-20H,3-4,7-8,11-15H2,1-2H3. The minimum atomic E-state index is -4.37. The SMILES string of the molecule is CC(=O)N(C)c1cnn(C(=O)N2CC3CN(Cc4ccc(C(F)(F)F)c(N5CCCC5)c4)CC3C2)c1. The van der Waals surface area contributed by atoms with Crippen LogP contribution in [0.4, 0.5) is 29.3 Å². The summed E-state index contributed by atoms with van der Waals surface area (Å²) in [4.78, 5) is 31.9. The van der Waals surface area contributed by atoms with Crippen LogP contribution in [0, 0.1) is 11.8 Å². The van der Waals surface area contributed by atoms with Crippen molar-refractivity contribution in [2.75, 3.05) is 56.1 Å². The lowest BCUT2D eigenvalue weighted by atomic mass is 10.0. The normalized spacial score (nSPS) is 22.4. The van der Waals surface area contributed by atoms with Crippen molar-refractivity contribution < 1.29 is 22.8 Å². The fraction of sp³-hybridized carbons (Fsp3) is 0.560. The first-order valence-electron chi connectivity index (χ1n) is 12.4. The molecule has 0 saturated carbocycles. The average molecular weight is 505 g/mol. The maximum atomic E-state index is 13.6. The topological polar surface area (TPSA) is 64.9 Å². The minimum Gasteiger partial charge on any atom is -0.371 e. The molecular weight excluding hydrogens is 473 g/mol. The third kappa shape index (κ3) is 4.80. The molecule has 3 fully saturated rings. The summed E-state index contributed by atoms with van der Waals surface area (Å²) >= 11 is 0. The van der Waals surface area contributed by atoms with Gasteiger partial charge in [0.2, 0.25) is 5.91 Å². The van der Waals surface area contributed by atoms with Gasteiger partial charge in [-0.15, -0.1) is 0 Å². The monoisotopic (exact) mass is 504 g/mol. The van der Waals surface area contributed by atoms with Crippen LogP contribution < -0.4 is 9.80 Å². The largest absolute Gasteiger partial charge is 0.418 e. The number of carbonyl (C=O) groups excluding carboxylic acids is 2. The van der Waals surface area contributed by atoms with E-state index < -0.39 is 11.7 Å². The molecule has 1 aromatic carbocycles. The van der Waals surface area contributed by atoms with Gasteiger partial charge < -0.3 is 14.7 Å². The third-order valence-electron chi connectivity index (χ3n) is 7.68. The molecule has 2 atom stereocenters. The number of alkyl halides is 3. The zero-order valence-corrected chi connectivity index (χ0v) is 20.5. The number of benzene rings is 1. The van der Waals surface area contributed by atoms with Crippen molar-refractivity contribution in [1.29, 1.82) is 0 Å². The summed E-state index contributed by atoms with van der Waals surface area (Å²) in [5, 5.41) is 4.13. The first-order chi connectivity index (χ1) is 17.1. The Balaban J connectivity index is 1.21. The Labute approximate surface area is 208 Å². The highest BCUT2D eigenvalue weighted by molar-refractivity contribution is 5.91. The summed E-state index contributed by atoms with van der Waals surface area (Å²) < 4.78 is 42.1. The van der Waals surface area contributed by atoms with Gasteiger partial charge in [0.25, 0.3) is 0 Å². The number of anilines is 2. The zero-order chi connectivity index (χ0) is 25.6. The van der Waals surface area contributed by atoms with E-state index in [2.05, 4.69) is 10.00 Å². The van der Waals surface area contributed by atoms with Crippen LogP contribution >= 0.6 is 0 Å². The number of amides is 2.